The van der Waals surface area contributed by atoms with Crippen LogP contribution in [0.25, 0.3) is 0 Å². The van der Waals surface area contributed by atoms with Gasteiger partial charge >= 0.3 is 0 Å². The van der Waals surface area contributed by atoms with Crippen molar-refractivity contribution >= 4 is 46.6 Å². The lowest BCUT2D eigenvalue weighted by atomic mass is 10.2. The van der Waals surface area contributed by atoms with Gasteiger partial charge in [0.25, 0.3) is 0 Å². The SMILES string of the molecule is CCCCCN(CC)c1cnc(Sc2cccc(Cl)c2Cl)c(N)n1. The summed E-state index contributed by atoms with van der Waals surface area (Å²) < 4.78 is 0. The molecule has 1 aromatic carbocycles. The Bertz CT molecular complexity index is 682. The average Bonchev–Trinajstić information content (AvgIpc) is 2.57. The molecular weight excluding hydrogens is 363 g/mol. The van der Waals surface area contributed by atoms with E-state index in [1.807, 2.05) is 12.1 Å². The van der Waals surface area contributed by atoms with Crippen molar-refractivity contribution < 1.29 is 0 Å². The van der Waals surface area contributed by atoms with E-state index in [9.17, 15) is 0 Å². The quantitative estimate of drug-likeness (QED) is 0.605. The molecule has 1 heterocycles. The van der Waals surface area contributed by atoms with Gasteiger partial charge in [0, 0.05) is 18.0 Å². The molecule has 0 aliphatic rings. The van der Waals surface area contributed by atoms with Gasteiger partial charge in [-0.3, -0.25) is 0 Å². The molecule has 0 spiro atoms. The Labute approximate surface area is 157 Å². The standard InChI is InChI=1S/C17H22Cl2N4S/c1-3-5-6-10-23(4-2)14-11-21-17(16(20)22-14)24-13-9-7-8-12(18)15(13)19/h7-9,11H,3-6,10H2,1-2H3,(H2,20,22). The van der Waals surface area contributed by atoms with Gasteiger partial charge < -0.3 is 10.6 Å². The molecule has 0 aliphatic carbocycles. The third-order valence-corrected chi connectivity index (χ3v) is 5.61. The number of rotatable bonds is 8. The number of hydrogen-bond donors (Lipinski definition) is 1. The maximum absolute atomic E-state index is 6.22. The Kier molecular flexibility index (Phi) is 7.46. The van der Waals surface area contributed by atoms with Crippen molar-refractivity contribution in [3.05, 3.63) is 34.4 Å². The van der Waals surface area contributed by atoms with Crippen molar-refractivity contribution in [2.24, 2.45) is 0 Å². The summed E-state index contributed by atoms with van der Waals surface area (Å²) in [6, 6.07) is 5.49. The molecule has 1 aromatic heterocycles. The average molecular weight is 385 g/mol. The molecule has 2 rings (SSSR count). The van der Waals surface area contributed by atoms with Gasteiger partial charge in [-0.2, -0.15) is 0 Å². The zero-order valence-corrected chi connectivity index (χ0v) is 16.3. The molecule has 2 N–H and O–H groups in total. The van der Waals surface area contributed by atoms with E-state index < -0.39 is 0 Å². The molecule has 0 amide bonds. The van der Waals surface area contributed by atoms with Gasteiger partial charge in [-0.1, -0.05) is 60.8 Å². The zero-order valence-electron chi connectivity index (χ0n) is 13.9. The van der Waals surface area contributed by atoms with Gasteiger partial charge in [0.1, 0.15) is 10.8 Å². The summed E-state index contributed by atoms with van der Waals surface area (Å²) in [4.78, 5) is 12.0. The molecule has 7 heteroatoms. The van der Waals surface area contributed by atoms with Crippen LogP contribution in [-0.4, -0.2) is 23.1 Å². The maximum Gasteiger partial charge on any atom is 0.158 e. The van der Waals surface area contributed by atoms with E-state index in [-0.39, 0.29) is 0 Å². The third-order valence-electron chi connectivity index (χ3n) is 3.61. The highest BCUT2D eigenvalue weighted by Gasteiger charge is 2.13. The van der Waals surface area contributed by atoms with E-state index in [2.05, 4.69) is 28.7 Å². The van der Waals surface area contributed by atoms with Gasteiger partial charge in [0.15, 0.2) is 5.82 Å². The van der Waals surface area contributed by atoms with Crippen LogP contribution in [0.15, 0.2) is 34.3 Å². The number of benzene rings is 1. The second kappa shape index (κ2) is 9.35. The molecule has 24 heavy (non-hydrogen) atoms. The minimum atomic E-state index is 0.405. The summed E-state index contributed by atoms with van der Waals surface area (Å²) in [6.45, 7) is 6.15. The topological polar surface area (TPSA) is 55.0 Å². The molecule has 0 saturated heterocycles. The summed E-state index contributed by atoms with van der Waals surface area (Å²) in [5.41, 5.74) is 6.11. The molecule has 4 nitrogen and oxygen atoms in total. The van der Waals surface area contributed by atoms with Crippen LogP contribution in [0.5, 0.6) is 0 Å². The van der Waals surface area contributed by atoms with Gasteiger partial charge in [-0.05, 0) is 25.5 Å². The number of nitrogens with zero attached hydrogens (tertiary/aromatic N) is 3. The van der Waals surface area contributed by atoms with Crippen molar-refractivity contribution in [1.82, 2.24) is 9.97 Å². The lowest BCUT2D eigenvalue weighted by molar-refractivity contribution is 0.678. The van der Waals surface area contributed by atoms with E-state index in [0.29, 0.717) is 20.9 Å². The normalized spacial score (nSPS) is 10.8. The number of aromatic nitrogens is 2. The first kappa shape index (κ1) is 19.2. The fraction of sp³-hybridized carbons (Fsp3) is 0.412. The molecule has 0 aliphatic heterocycles. The predicted octanol–water partition coefficient (Wildman–Crippen LogP) is 5.53. The molecule has 0 unspecified atom stereocenters. The van der Waals surface area contributed by atoms with Gasteiger partial charge in [0.05, 0.1) is 16.2 Å². The number of hydrogen-bond acceptors (Lipinski definition) is 5. The Morgan fingerprint density at radius 2 is 2.00 bits per heavy atom. The van der Waals surface area contributed by atoms with E-state index in [4.69, 9.17) is 28.9 Å². The van der Waals surface area contributed by atoms with Crippen molar-refractivity contribution in [2.75, 3.05) is 23.7 Å². The fourth-order valence-electron chi connectivity index (χ4n) is 2.27. The van der Waals surface area contributed by atoms with E-state index in [1.54, 1.807) is 12.3 Å². The van der Waals surface area contributed by atoms with Gasteiger partial charge in [-0.25, -0.2) is 9.97 Å². The lowest BCUT2D eigenvalue weighted by Crippen LogP contribution is -2.25. The molecule has 0 radical (unpaired) electrons. The Morgan fingerprint density at radius 3 is 2.67 bits per heavy atom. The minimum absolute atomic E-state index is 0.405. The first-order valence-electron chi connectivity index (χ1n) is 8.06. The molecule has 0 fully saturated rings. The zero-order chi connectivity index (χ0) is 17.5. The van der Waals surface area contributed by atoms with Crippen LogP contribution in [0.2, 0.25) is 10.0 Å². The Balaban J connectivity index is 2.15. The van der Waals surface area contributed by atoms with Crippen molar-refractivity contribution in [2.45, 2.75) is 43.0 Å². The molecule has 0 saturated carbocycles. The molecule has 0 bridgehead atoms. The molecular formula is C17H22Cl2N4S. The van der Waals surface area contributed by atoms with Crippen LogP contribution in [0, 0.1) is 0 Å². The van der Waals surface area contributed by atoms with Crippen LogP contribution in [0.3, 0.4) is 0 Å². The van der Waals surface area contributed by atoms with Crippen molar-refractivity contribution in [3.63, 3.8) is 0 Å². The van der Waals surface area contributed by atoms with Crippen LogP contribution < -0.4 is 10.6 Å². The van der Waals surface area contributed by atoms with E-state index in [1.165, 1.54) is 24.6 Å². The van der Waals surface area contributed by atoms with Gasteiger partial charge in [-0.15, -0.1) is 0 Å². The minimum Gasteiger partial charge on any atom is -0.381 e. The summed E-state index contributed by atoms with van der Waals surface area (Å²) in [5, 5.41) is 1.65. The predicted molar refractivity (Wildman–Crippen MR) is 104 cm³/mol. The highest BCUT2D eigenvalue weighted by Crippen LogP contribution is 2.38. The molecule has 2 aromatic rings. The number of unbranched alkanes of at least 4 members (excludes halogenated alkanes) is 2. The summed E-state index contributed by atoms with van der Waals surface area (Å²) in [5.74, 6) is 1.22. The molecule has 130 valence electrons. The van der Waals surface area contributed by atoms with E-state index in [0.717, 1.165) is 30.2 Å². The second-order valence-electron chi connectivity index (χ2n) is 5.36. The van der Waals surface area contributed by atoms with Crippen LogP contribution in [-0.2, 0) is 0 Å². The third kappa shape index (κ3) is 4.91. The smallest absolute Gasteiger partial charge is 0.158 e. The highest BCUT2D eigenvalue weighted by molar-refractivity contribution is 7.99. The Morgan fingerprint density at radius 1 is 1.21 bits per heavy atom. The fourth-order valence-corrected chi connectivity index (χ4v) is 3.55. The Hall–Kier alpha value is -1.17. The number of halogens is 2. The largest absolute Gasteiger partial charge is 0.381 e. The highest BCUT2D eigenvalue weighted by atomic mass is 35.5. The number of nitrogen functional groups attached to an aromatic ring is 1. The van der Waals surface area contributed by atoms with Crippen molar-refractivity contribution in [1.29, 1.82) is 0 Å². The number of anilines is 2. The number of nitrogens with two attached hydrogens (primary N) is 1. The van der Waals surface area contributed by atoms with Crippen molar-refractivity contribution in [3.8, 4) is 0 Å². The van der Waals surface area contributed by atoms with Crippen LogP contribution in [0.1, 0.15) is 33.1 Å². The first-order chi connectivity index (χ1) is 11.6. The second-order valence-corrected chi connectivity index (χ2v) is 7.18. The monoisotopic (exact) mass is 384 g/mol. The summed E-state index contributed by atoms with van der Waals surface area (Å²) in [7, 11) is 0. The van der Waals surface area contributed by atoms with E-state index >= 15 is 0 Å². The van der Waals surface area contributed by atoms with Crippen LogP contribution >= 0.6 is 35.0 Å². The van der Waals surface area contributed by atoms with Crippen LogP contribution in [0.4, 0.5) is 11.6 Å². The lowest BCUT2D eigenvalue weighted by Gasteiger charge is -2.22. The summed E-state index contributed by atoms with van der Waals surface area (Å²) >= 11 is 13.6. The maximum atomic E-state index is 6.22. The molecule has 0 atom stereocenters. The first-order valence-corrected chi connectivity index (χ1v) is 9.63. The van der Waals surface area contributed by atoms with Gasteiger partial charge in [0.2, 0.25) is 0 Å². The summed E-state index contributed by atoms with van der Waals surface area (Å²) in [6.07, 6.45) is 5.31.